The second kappa shape index (κ2) is 7.12. The molecule has 1 aliphatic carbocycles. The van der Waals surface area contributed by atoms with Crippen LogP contribution >= 0.6 is 11.6 Å². The Morgan fingerprint density at radius 3 is 2.70 bits per heavy atom. The first kappa shape index (κ1) is 15.4. The van der Waals surface area contributed by atoms with Crippen LogP contribution in [0.5, 0.6) is 0 Å². The minimum absolute atomic E-state index is 0.183. The Kier molecular flexibility index (Phi) is 5.47. The zero-order chi connectivity index (χ0) is 14.4. The van der Waals surface area contributed by atoms with Crippen molar-refractivity contribution in [2.75, 3.05) is 6.54 Å². The lowest BCUT2D eigenvalue weighted by Gasteiger charge is -2.40. The Balaban J connectivity index is 1.95. The van der Waals surface area contributed by atoms with Crippen molar-refractivity contribution in [1.29, 1.82) is 0 Å². The van der Waals surface area contributed by atoms with Crippen LogP contribution < -0.4 is 5.32 Å². The number of benzene rings is 1. The van der Waals surface area contributed by atoms with Crippen LogP contribution in [0.2, 0.25) is 5.02 Å². The van der Waals surface area contributed by atoms with Gasteiger partial charge in [-0.05, 0) is 37.0 Å². The summed E-state index contributed by atoms with van der Waals surface area (Å²) < 4.78 is 0. The minimum Gasteiger partial charge on any atom is -0.355 e. The molecule has 0 spiro atoms. The predicted molar refractivity (Wildman–Crippen MR) is 84.1 cm³/mol. The molecule has 110 valence electrons. The quantitative estimate of drug-likeness (QED) is 0.739. The molecule has 0 radical (unpaired) electrons. The Labute approximate surface area is 126 Å². The smallest absolute Gasteiger partial charge is 0.230 e. The molecule has 1 aromatic carbocycles. The van der Waals surface area contributed by atoms with Crippen molar-refractivity contribution in [3.8, 4) is 0 Å². The molecule has 3 heteroatoms. The van der Waals surface area contributed by atoms with Crippen molar-refractivity contribution in [2.45, 2.75) is 57.3 Å². The number of halogens is 1. The highest BCUT2D eigenvalue weighted by molar-refractivity contribution is 6.30. The number of hydrogen-bond acceptors (Lipinski definition) is 1. The number of carbonyl (C=O) groups excluding carboxylic acids is 1. The predicted octanol–water partition coefficient (Wildman–Crippen LogP) is 4.46. The molecule has 20 heavy (non-hydrogen) atoms. The van der Waals surface area contributed by atoms with E-state index in [0.29, 0.717) is 5.02 Å². The lowest BCUT2D eigenvalue weighted by atomic mass is 9.64. The number of hydrogen-bond donors (Lipinski definition) is 1. The molecule has 1 aliphatic rings. The number of carbonyl (C=O) groups is 1. The van der Waals surface area contributed by atoms with Gasteiger partial charge in [0.05, 0.1) is 5.41 Å². The third-order valence-corrected chi connectivity index (χ3v) is 4.57. The van der Waals surface area contributed by atoms with E-state index < -0.39 is 0 Å². The van der Waals surface area contributed by atoms with Gasteiger partial charge in [0.2, 0.25) is 5.91 Å². The largest absolute Gasteiger partial charge is 0.355 e. The highest BCUT2D eigenvalue weighted by Gasteiger charge is 2.45. The summed E-state index contributed by atoms with van der Waals surface area (Å²) in [5.41, 5.74) is 0.748. The SMILES string of the molecule is CCCCCCNC(=O)C1(c2cccc(Cl)c2)CCC1. The monoisotopic (exact) mass is 293 g/mol. The topological polar surface area (TPSA) is 29.1 Å². The van der Waals surface area contributed by atoms with E-state index in [1.165, 1.54) is 19.3 Å². The first-order valence-corrected chi connectivity index (χ1v) is 8.11. The first-order chi connectivity index (χ1) is 9.69. The molecule has 1 amide bonds. The normalized spacial score (nSPS) is 16.5. The van der Waals surface area contributed by atoms with Gasteiger partial charge in [0, 0.05) is 11.6 Å². The second-order valence-electron chi connectivity index (χ2n) is 5.76. The molecule has 0 aromatic heterocycles. The molecule has 1 fully saturated rings. The molecule has 0 aliphatic heterocycles. The number of nitrogens with one attached hydrogen (secondary N) is 1. The molecule has 1 N–H and O–H groups in total. The van der Waals surface area contributed by atoms with E-state index >= 15 is 0 Å². The summed E-state index contributed by atoms with van der Waals surface area (Å²) in [7, 11) is 0. The fraction of sp³-hybridized carbons (Fsp3) is 0.588. The third-order valence-electron chi connectivity index (χ3n) is 4.33. The van der Waals surface area contributed by atoms with Crippen molar-refractivity contribution >= 4 is 17.5 Å². The molecule has 0 bridgehead atoms. The summed E-state index contributed by atoms with van der Waals surface area (Å²) in [4.78, 5) is 12.5. The van der Waals surface area contributed by atoms with E-state index in [4.69, 9.17) is 11.6 Å². The van der Waals surface area contributed by atoms with Gasteiger partial charge in [-0.2, -0.15) is 0 Å². The van der Waals surface area contributed by atoms with E-state index in [9.17, 15) is 4.79 Å². The summed E-state index contributed by atoms with van der Waals surface area (Å²) in [5, 5.41) is 3.83. The van der Waals surface area contributed by atoms with Crippen LogP contribution in [0.25, 0.3) is 0 Å². The fourth-order valence-corrected chi connectivity index (χ4v) is 3.08. The average molecular weight is 294 g/mol. The maximum atomic E-state index is 12.5. The minimum atomic E-state index is -0.324. The third kappa shape index (κ3) is 3.35. The molecule has 1 saturated carbocycles. The van der Waals surface area contributed by atoms with Crippen LogP contribution in [-0.2, 0) is 10.2 Å². The maximum Gasteiger partial charge on any atom is 0.230 e. The molecule has 0 unspecified atom stereocenters. The first-order valence-electron chi connectivity index (χ1n) is 7.73. The van der Waals surface area contributed by atoms with Crippen LogP contribution in [0.3, 0.4) is 0 Å². The molecule has 0 heterocycles. The summed E-state index contributed by atoms with van der Waals surface area (Å²) in [6.45, 7) is 2.99. The molecular weight excluding hydrogens is 270 g/mol. The van der Waals surface area contributed by atoms with Gasteiger partial charge in [-0.15, -0.1) is 0 Å². The Bertz CT molecular complexity index is 454. The van der Waals surface area contributed by atoms with Crippen molar-refractivity contribution < 1.29 is 4.79 Å². The van der Waals surface area contributed by atoms with E-state index in [0.717, 1.165) is 37.8 Å². The van der Waals surface area contributed by atoms with Gasteiger partial charge in [0.25, 0.3) is 0 Å². The van der Waals surface area contributed by atoms with Crippen LogP contribution in [0.1, 0.15) is 57.4 Å². The van der Waals surface area contributed by atoms with Gasteiger partial charge in [0.1, 0.15) is 0 Å². The van der Waals surface area contributed by atoms with Crippen LogP contribution in [0.15, 0.2) is 24.3 Å². The van der Waals surface area contributed by atoms with Crippen molar-refractivity contribution in [1.82, 2.24) is 5.32 Å². The van der Waals surface area contributed by atoms with Crippen molar-refractivity contribution in [3.05, 3.63) is 34.9 Å². The number of unbranched alkanes of at least 4 members (excludes halogenated alkanes) is 3. The van der Waals surface area contributed by atoms with Crippen LogP contribution in [0, 0.1) is 0 Å². The van der Waals surface area contributed by atoms with Gasteiger partial charge in [-0.3, -0.25) is 4.79 Å². The summed E-state index contributed by atoms with van der Waals surface area (Å²) in [5.74, 6) is 0.183. The second-order valence-corrected chi connectivity index (χ2v) is 6.20. The molecule has 2 nitrogen and oxygen atoms in total. The van der Waals surface area contributed by atoms with Gasteiger partial charge in [-0.25, -0.2) is 0 Å². The van der Waals surface area contributed by atoms with E-state index in [1.54, 1.807) is 0 Å². The van der Waals surface area contributed by atoms with Gasteiger partial charge >= 0.3 is 0 Å². The standard InChI is InChI=1S/C17H24ClNO/c1-2-3-4-5-12-19-16(20)17(10-7-11-17)14-8-6-9-15(18)13-14/h6,8-9,13H,2-5,7,10-12H2,1H3,(H,19,20). The average Bonchev–Trinajstić information content (AvgIpc) is 2.37. The molecule has 0 atom stereocenters. The zero-order valence-electron chi connectivity index (χ0n) is 12.3. The molecule has 2 rings (SSSR count). The zero-order valence-corrected chi connectivity index (χ0v) is 13.0. The van der Waals surface area contributed by atoms with Crippen LogP contribution in [0.4, 0.5) is 0 Å². The Morgan fingerprint density at radius 2 is 2.10 bits per heavy atom. The van der Waals surface area contributed by atoms with Gasteiger partial charge in [-0.1, -0.05) is 56.3 Å². The van der Waals surface area contributed by atoms with E-state index in [2.05, 4.69) is 12.2 Å². The molecule has 1 aromatic rings. The van der Waals surface area contributed by atoms with Crippen molar-refractivity contribution in [3.63, 3.8) is 0 Å². The molecule has 0 saturated heterocycles. The van der Waals surface area contributed by atoms with E-state index in [-0.39, 0.29) is 11.3 Å². The highest BCUT2D eigenvalue weighted by Crippen LogP contribution is 2.44. The summed E-state index contributed by atoms with van der Waals surface area (Å²) in [6.07, 6.45) is 7.74. The van der Waals surface area contributed by atoms with Gasteiger partial charge in [0.15, 0.2) is 0 Å². The summed E-state index contributed by atoms with van der Waals surface area (Å²) >= 11 is 6.07. The lowest BCUT2D eigenvalue weighted by Crippen LogP contribution is -2.49. The highest BCUT2D eigenvalue weighted by atomic mass is 35.5. The Morgan fingerprint density at radius 1 is 1.30 bits per heavy atom. The summed E-state index contributed by atoms with van der Waals surface area (Å²) in [6, 6.07) is 7.77. The Hall–Kier alpha value is -1.02. The van der Waals surface area contributed by atoms with Crippen LogP contribution in [-0.4, -0.2) is 12.5 Å². The number of amides is 1. The van der Waals surface area contributed by atoms with E-state index in [1.807, 2.05) is 24.3 Å². The maximum absolute atomic E-state index is 12.5. The van der Waals surface area contributed by atoms with Gasteiger partial charge < -0.3 is 5.32 Å². The fourth-order valence-electron chi connectivity index (χ4n) is 2.89. The lowest BCUT2D eigenvalue weighted by molar-refractivity contribution is -0.129. The van der Waals surface area contributed by atoms with Crippen molar-refractivity contribution in [2.24, 2.45) is 0 Å². The number of rotatable bonds is 7. The molecular formula is C17H24ClNO.